The summed E-state index contributed by atoms with van der Waals surface area (Å²) in [6.07, 6.45) is 5.71. The van der Waals surface area contributed by atoms with Gasteiger partial charge in [0.25, 0.3) is 0 Å². The number of aryl methyl sites for hydroxylation is 1. The second kappa shape index (κ2) is 6.49. The smallest absolute Gasteiger partial charge is 0.226 e. The van der Waals surface area contributed by atoms with E-state index in [1.807, 2.05) is 22.7 Å². The number of piperazine rings is 1. The molecule has 2 atom stereocenters. The Morgan fingerprint density at radius 2 is 2.04 bits per heavy atom. The van der Waals surface area contributed by atoms with Gasteiger partial charge in [-0.3, -0.25) is 14.4 Å². The van der Waals surface area contributed by atoms with E-state index in [2.05, 4.69) is 16.6 Å². The summed E-state index contributed by atoms with van der Waals surface area (Å²) in [6.45, 7) is 8.37. The molecule has 1 aliphatic carbocycles. The van der Waals surface area contributed by atoms with E-state index in [0.717, 1.165) is 24.1 Å². The third kappa shape index (κ3) is 3.32. The highest BCUT2D eigenvalue weighted by Gasteiger charge is 2.49. The first kappa shape index (κ1) is 17.7. The van der Waals surface area contributed by atoms with Gasteiger partial charge < -0.3 is 4.90 Å². The Morgan fingerprint density at radius 3 is 2.73 bits per heavy atom. The van der Waals surface area contributed by atoms with Crippen molar-refractivity contribution in [2.45, 2.75) is 44.9 Å². The summed E-state index contributed by atoms with van der Waals surface area (Å²) in [7, 11) is -3.11. The third-order valence-electron chi connectivity index (χ3n) is 5.74. The van der Waals surface area contributed by atoms with Crippen molar-refractivity contribution >= 4 is 15.7 Å². The number of nitrogens with zero attached hydrogens (tertiary/aromatic N) is 4. The number of carbonyl (C=O) groups excluding carboxylic acids is 1. The van der Waals surface area contributed by atoms with Crippen LogP contribution >= 0.6 is 0 Å². The molecular formula is C18H26N4O3S. The quantitative estimate of drug-likeness (QED) is 0.702. The molecule has 0 unspecified atom stereocenters. The number of allylic oxidation sites excluding steroid dienone is 1. The average Bonchev–Trinajstić information content (AvgIpc) is 3.29. The Bertz CT molecular complexity index is 827. The molecule has 0 bridgehead atoms. The van der Waals surface area contributed by atoms with Gasteiger partial charge >= 0.3 is 0 Å². The predicted octanol–water partition coefficient (Wildman–Crippen LogP) is 0.597. The van der Waals surface area contributed by atoms with Crippen molar-refractivity contribution in [3.63, 3.8) is 0 Å². The van der Waals surface area contributed by atoms with Gasteiger partial charge in [-0.15, -0.1) is 6.58 Å². The van der Waals surface area contributed by atoms with E-state index in [0.29, 0.717) is 26.2 Å². The first-order valence-electron chi connectivity index (χ1n) is 9.27. The Balaban J connectivity index is 1.54. The minimum absolute atomic E-state index is 0.0985. The number of sulfone groups is 1. The van der Waals surface area contributed by atoms with E-state index in [1.165, 1.54) is 0 Å². The molecule has 1 saturated carbocycles. The Hall–Kier alpha value is -1.67. The van der Waals surface area contributed by atoms with Crippen LogP contribution in [-0.2, 0) is 27.7 Å². The summed E-state index contributed by atoms with van der Waals surface area (Å²) in [5, 5.41) is 4.49. The number of fused-ring (bicyclic) bond motifs is 1. The molecule has 26 heavy (non-hydrogen) atoms. The van der Waals surface area contributed by atoms with Crippen LogP contribution in [0.15, 0.2) is 18.9 Å². The monoisotopic (exact) mass is 378 g/mol. The van der Waals surface area contributed by atoms with Gasteiger partial charge in [-0.25, -0.2) is 8.42 Å². The SMILES string of the molecule is C=CCn1cc(CN2CCN(C(=O)C3CC3)[C@@H]3CS(=O)(=O)C[C@@H]32)c(C)n1. The molecule has 3 fully saturated rings. The lowest BCUT2D eigenvalue weighted by molar-refractivity contribution is -0.138. The topological polar surface area (TPSA) is 75.5 Å². The number of carbonyl (C=O) groups is 1. The minimum Gasteiger partial charge on any atom is -0.336 e. The standard InChI is InChI=1S/C18H26N4O3S/c1-3-6-21-10-15(13(2)19-21)9-20-7-8-22(18(23)14-4-5-14)17-12-26(24,25)11-16(17)20/h3,10,14,16-17H,1,4-9,11-12H2,2H3/t16-,17+/m0/s1. The fourth-order valence-electron chi connectivity index (χ4n) is 4.22. The van der Waals surface area contributed by atoms with Crippen molar-refractivity contribution in [3.8, 4) is 0 Å². The highest BCUT2D eigenvalue weighted by molar-refractivity contribution is 7.91. The van der Waals surface area contributed by atoms with Gasteiger partial charge in [0.1, 0.15) is 0 Å². The maximum atomic E-state index is 12.6. The number of rotatable bonds is 5. The molecular weight excluding hydrogens is 352 g/mol. The zero-order valence-corrected chi connectivity index (χ0v) is 16.0. The fraction of sp³-hybridized carbons (Fsp3) is 0.667. The Kier molecular flexibility index (Phi) is 4.43. The second-order valence-corrected chi connectivity index (χ2v) is 9.89. The zero-order chi connectivity index (χ0) is 18.5. The summed E-state index contributed by atoms with van der Waals surface area (Å²) < 4.78 is 26.5. The van der Waals surface area contributed by atoms with Gasteiger partial charge in [0.05, 0.1) is 29.8 Å². The van der Waals surface area contributed by atoms with Gasteiger partial charge in [-0.1, -0.05) is 6.08 Å². The molecule has 8 heteroatoms. The Morgan fingerprint density at radius 1 is 1.31 bits per heavy atom. The Labute approximate surface area is 154 Å². The van der Waals surface area contributed by atoms with Crippen LogP contribution in [0, 0.1) is 12.8 Å². The average molecular weight is 378 g/mol. The van der Waals surface area contributed by atoms with Gasteiger partial charge in [-0.05, 0) is 19.8 Å². The first-order chi connectivity index (χ1) is 12.4. The fourth-order valence-corrected chi connectivity index (χ4v) is 6.23. The molecule has 1 amide bonds. The van der Waals surface area contributed by atoms with Gasteiger partial charge in [0.2, 0.25) is 5.91 Å². The first-order valence-corrected chi connectivity index (χ1v) is 11.1. The lowest BCUT2D eigenvalue weighted by Gasteiger charge is -2.44. The molecule has 142 valence electrons. The predicted molar refractivity (Wildman–Crippen MR) is 98.2 cm³/mol. The van der Waals surface area contributed by atoms with E-state index in [4.69, 9.17) is 0 Å². The number of hydrogen-bond donors (Lipinski definition) is 0. The maximum absolute atomic E-state index is 12.6. The van der Waals surface area contributed by atoms with Gasteiger partial charge in [0.15, 0.2) is 9.84 Å². The van der Waals surface area contributed by atoms with Crippen LogP contribution in [0.2, 0.25) is 0 Å². The van der Waals surface area contributed by atoms with Crippen LogP contribution in [-0.4, -0.2) is 70.6 Å². The highest BCUT2D eigenvalue weighted by atomic mass is 32.2. The summed E-state index contributed by atoms with van der Waals surface area (Å²) in [6, 6.07) is -0.316. The maximum Gasteiger partial charge on any atom is 0.226 e. The normalized spacial score (nSPS) is 28.1. The van der Waals surface area contributed by atoms with E-state index in [-0.39, 0.29) is 35.4 Å². The van der Waals surface area contributed by atoms with Crippen molar-refractivity contribution in [1.29, 1.82) is 0 Å². The van der Waals surface area contributed by atoms with E-state index < -0.39 is 9.84 Å². The van der Waals surface area contributed by atoms with Crippen LogP contribution in [0.25, 0.3) is 0 Å². The van der Waals surface area contributed by atoms with E-state index >= 15 is 0 Å². The van der Waals surface area contributed by atoms with Crippen LogP contribution in [0.4, 0.5) is 0 Å². The number of aromatic nitrogens is 2. The van der Waals surface area contributed by atoms with Crippen molar-refractivity contribution in [3.05, 3.63) is 30.1 Å². The van der Waals surface area contributed by atoms with Gasteiger partial charge in [-0.2, -0.15) is 5.10 Å². The highest BCUT2D eigenvalue weighted by Crippen LogP contribution is 2.35. The van der Waals surface area contributed by atoms with Crippen LogP contribution in [0.3, 0.4) is 0 Å². The number of hydrogen-bond acceptors (Lipinski definition) is 5. The molecule has 0 radical (unpaired) electrons. The van der Waals surface area contributed by atoms with Crippen molar-refractivity contribution in [2.75, 3.05) is 24.6 Å². The molecule has 4 rings (SSSR count). The zero-order valence-electron chi connectivity index (χ0n) is 15.2. The molecule has 7 nitrogen and oxygen atoms in total. The largest absolute Gasteiger partial charge is 0.336 e. The number of amides is 1. The molecule has 2 aliphatic heterocycles. The second-order valence-electron chi connectivity index (χ2n) is 7.74. The summed E-state index contributed by atoms with van der Waals surface area (Å²) >= 11 is 0. The summed E-state index contributed by atoms with van der Waals surface area (Å²) in [5.41, 5.74) is 2.07. The summed E-state index contributed by atoms with van der Waals surface area (Å²) in [4.78, 5) is 16.7. The third-order valence-corrected chi connectivity index (χ3v) is 7.44. The molecule has 1 aromatic rings. The van der Waals surface area contributed by atoms with Gasteiger partial charge in [0, 0.05) is 43.4 Å². The van der Waals surface area contributed by atoms with E-state index in [1.54, 1.807) is 6.08 Å². The van der Waals surface area contributed by atoms with Crippen molar-refractivity contribution < 1.29 is 13.2 Å². The minimum atomic E-state index is -3.11. The van der Waals surface area contributed by atoms with Crippen LogP contribution < -0.4 is 0 Å². The lowest BCUT2D eigenvalue weighted by atomic mass is 10.0. The molecule has 3 aliphatic rings. The molecule has 2 saturated heterocycles. The van der Waals surface area contributed by atoms with Crippen molar-refractivity contribution in [2.24, 2.45) is 5.92 Å². The molecule has 0 N–H and O–H groups in total. The van der Waals surface area contributed by atoms with Crippen molar-refractivity contribution in [1.82, 2.24) is 19.6 Å². The molecule has 1 aromatic heterocycles. The summed E-state index contributed by atoms with van der Waals surface area (Å²) in [5.74, 6) is 0.532. The molecule has 0 aromatic carbocycles. The molecule has 0 spiro atoms. The van der Waals surface area contributed by atoms with Crippen LogP contribution in [0.5, 0.6) is 0 Å². The lowest BCUT2D eigenvalue weighted by Crippen LogP contribution is -2.60. The van der Waals surface area contributed by atoms with E-state index in [9.17, 15) is 13.2 Å². The molecule has 3 heterocycles. The van der Waals surface area contributed by atoms with Crippen LogP contribution in [0.1, 0.15) is 24.1 Å².